The molecule has 0 aromatic rings. The van der Waals surface area contributed by atoms with Gasteiger partial charge in [-0.1, -0.05) is 0 Å². The van der Waals surface area contributed by atoms with Crippen LogP contribution in [-0.4, -0.2) is 59.0 Å². The Bertz CT molecular complexity index is 188. The van der Waals surface area contributed by atoms with Crippen molar-refractivity contribution >= 4 is 47.3 Å². The molecule has 0 aliphatic heterocycles. The second kappa shape index (κ2) is 7.27. The maximum atomic E-state index is 10.5. The van der Waals surface area contributed by atoms with Crippen LogP contribution in [0.15, 0.2) is 0 Å². The molecular formula is C6H9NaO5. The van der Waals surface area contributed by atoms with E-state index in [9.17, 15) is 14.4 Å². The number of ketones is 1. The van der Waals surface area contributed by atoms with Crippen LogP contribution < -0.4 is 0 Å². The number of aliphatic carboxylic acids is 1. The molecule has 0 radical (unpaired) electrons. The second-order valence-electron chi connectivity index (χ2n) is 1.71. The summed E-state index contributed by atoms with van der Waals surface area (Å²) >= 11 is 0. The van der Waals surface area contributed by atoms with Gasteiger partial charge < -0.3 is 9.84 Å². The molecule has 0 spiro atoms. The van der Waals surface area contributed by atoms with Crippen LogP contribution >= 0.6 is 0 Å². The number of esters is 1. The van der Waals surface area contributed by atoms with Gasteiger partial charge >= 0.3 is 41.5 Å². The van der Waals surface area contributed by atoms with Crippen LogP contribution in [0.4, 0.5) is 0 Å². The molecule has 12 heavy (non-hydrogen) atoms. The van der Waals surface area contributed by atoms with E-state index in [1.165, 1.54) is 0 Å². The molecule has 0 aromatic carbocycles. The zero-order valence-corrected chi connectivity index (χ0v) is 5.99. The Hall–Kier alpha value is -0.390. The van der Waals surface area contributed by atoms with Gasteiger partial charge in [0.05, 0.1) is 6.61 Å². The number of ether oxygens (including phenoxy) is 1. The van der Waals surface area contributed by atoms with Crippen molar-refractivity contribution in [3.8, 4) is 0 Å². The molecule has 0 heterocycles. The third-order valence-electron chi connectivity index (χ3n) is 0.849. The fourth-order valence-electron chi connectivity index (χ4n) is 0.419. The molecule has 0 aromatic heterocycles. The van der Waals surface area contributed by atoms with E-state index >= 15 is 0 Å². The minimum absolute atomic E-state index is 0. The quantitative estimate of drug-likeness (QED) is 0.261. The Labute approximate surface area is 91.4 Å². The fraction of sp³-hybridized carbons (Fsp3) is 0.500. The topological polar surface area (TPSA) is 80.7 Å². The van der Waals surface area contributed by atoms with Crippen LogP contribution in [0.3, 0.4) is 0 Å². The summed E-state index contributed by atoms with van der Waals surface area (Å²) in [6.45, 7) is 1.72. The van der Waals surface area contributed by atoms with Crippen molar-refractivity contribution in [3.05, 3.63) is 0 Å². The summed E-state index contributed by atoms with van der Waals surface area (Å²) in [6, 6.07) is 0. The van der Waals surface area contributed by atoms with E-state index < -0.39 is 24.1 Å². The van der Waals surface area contributed by atoms with Gasteiger partial charge in [-0.3, -0.25) is 9.59 Å². The van der Waals surface area contributed by atoms with Crippen molar-refractivity contribution < 1.29 is 24.2 Å². The van der Waals surface area contributed by atoms with Gasteiger partial charge in [0.1, 0.15) is 6.42 Å². The van der Waals surface area contributed by atoms with Crippen LogP contribution in [-0.2, 0) is 19.1 Å². The molecular weight excluding hydrogens is 175 g/mol. The van der Waals surface area contributed by atoms with E-state index in [1.807, 2.05) is 0 Å². The molecule has 6 heteroatoms. The molecule has 64 valence electrons. The van der Waals surface area contributed by atoms with Crippen molar-refractivity contribution in [2.75, 3.05) is 6.61 Å². The molecule has 0 rings (SSSR count). The van der Waals surface area contributed by atoms with Crippen molar-refractivity contribution in [2.45, 2.75) is 13.3 Å². The second-order valence-corrected chi connectivity index (χ2v) is 1.71. The average molecular weight is 184 g/mol. The number of hydrogen-bond acceptors (Lipinski definition) is 4. The number of hydrogen-bond donors (Lipinski definition) is 1. The Morgan fingerprint density at radius 3 is 2.17 bits per heavy atom. The molecule has 0 atom stereocenters. The molecule has 0 saturated heterocycles. The monoisotopic (exact) mass is 184 g/mol. The van der Waals surface area contributed by atoms with Gasteiger partial charge in [-0.15, -0.1) is 0 Å². The van der Waals surface area contributed by atoms with Gasteiger partial charge in [0.2, 0.25) is 0 Å². The summed E-state index contributed by atoms with van der Waals surface area (Å²) in [7, 11) is 0. The standard InChI is InChI=1S/C6H8O5.Na.H/c1-2-11-5(8)3-4(7)6(9)10;;/h2-3H2,1H3,(H,9,10);;. The fourth-order valence-corrected chi connectivity index (χ4v) is 0.419. The third-order valence-corrected chi connectivity index (χ3v) is 0.849. The van der Waals surface area contributed by atoms with E-state index in [0.29, 0.717) is 0 Å². The van der Waals surface area contributed by atoms with E-state index in [1.54, 1.807) is 6.92 Å². The minimum atomic E-state index is -1.61. The van der Waals surface area contributed by atoms with Gasteiger partial charge in [-0.25, -0.2) is 4.79 Å². The van der Waals surface area contributed by atoms with E-state index in [-0.39, 0.29) is 36.2 Å². The van der Waals surface area contributed by atoms with Crippen LogP contribution in [0.5, 0.6) is 0 Å². The number of carbonyl (C=O) groups is 3. The molecule has 0 bridgehead atoms. The maximum absolute atomic E-state index is 10.5. The van der Waals surface area contributed by atoms with Crippen molar-refractivity contribution in [1.82, 2.24) is 0 Å². The third kappa shape index (κ3) is 6.33. The van der Waals surface area contributed by atoms with Crippen LogP contribution in [0.1, 0.15) is 13.3 Å². The molecule has 0 amide bonds. The number of Topliss-reactive ketones (excluding diaryl/α,β-unsaturated/α-hetero) is 1. The Balaban J connectivity index is 0. The van der Waals surface area contributed by atoms with Crippen LogP contribution in [0.25, 0.3) is 0 Å². The number of rotatable bonds is 4. The summed E-state index contributed by atoms with van der Waals surface area (Å²) in [6.07, 6.45) is -0.691. The number of carboxylic acid groups (broad SMARTS) is 1. The van der Waals surface area contributed by atoms with Crippen LogP contribution in [0, 0.1) is 0 Å². The van der Waals surface area contributed by atoms with Gasteiger partial charge in [0.15, 0.2) is 0 Å². The first-order valence-corrected chi connectivity index (χ1v) is 2.99. The number of carboxylic acids is 1. The predicted molar refractivity (Wildman–Crippen MR) is 41.0 cm³/mol. The van der Waals surface area contributed by atoms with Crippen molar-refractivity contribution in [2.24, 2.45) is 0 Å². The first-order chi connectivity index (χ1) is 5.07. The van der Waals surface area contributed by atoms with Crippen LogP contribution in [0.2, 0.25) is 0 Å². The van der Waals surface area contributed by atoms with Gasteiger partial charge in [-0.05, 0) is 6.92 Å². The average Bonchev–Trinajstić information content (AvgIpc) is 1.87. The summed E-state index contributed by atoms with van der Waals surface area (Å²) in [5.74, 6) is -3.57. The van der Waals surface area contributed by atoms with Crippen molar-refractivity contribution in [3.63, 3.8) is 0 Å². The Morgan fingerprint density at radius 2 is 1.83 bits per heavy atom. The molecule has 0 aliphatic carbocycles. The summed E-state index contributed by atoms with van der Waals surface area (Å²) in [5.41, 5.74) is 0. The normalized spacial score (nSPS) is 8.08. The van der Waals surface area contributed by atoms with E-state index in [0.717, 1.165) is 0 Å². The summed E-state index contributed by atoms with van der Waals surface area (Å²) < 4.78 is 4.34. The molecule has 0 aliphatic rings. The Kier molecular flexibility index (Phi) is 8.57. The van der Waals surface area contributed by atoms with Gasteiger partial charge in [0.25, 0.3) is 5.78 Å². The molecule has 5 nitrogen and oxygen atoms in total. The zero-order chi connectivity index (χ0) is 8.85. The summed E-state index contributed by atoms with van der Waals surface area (Å²) in [4.78, 5) is 30.7. The van der Waals surface area contributed by atoms with Crippen molar-refractivity contribution in [1.29, 1.82) is 0 Å². The van der Waals surface area contributed by atoms with E-state index in [4.69, 9.17) is 5.11 Å². The van der Waals surface area contributed by atoms with Gasteiger partial charge in [0, 0.05) is 0 Å². The first kappa shape index (κ1) is 14.2. The summed E-state index contributed by atoms with van der Waals surface area (Å²) in [5, 5.41) is 8.04. The predicted octanol–water partition coefficient (Wildman–Crippen LogP) is -1.06. The number of carbonyl (C=O) groups excluding carboxylic acids is 2. The SMILES string of the molecule is CCOC(=O)CC(=O)C(=O)O.[NaH]. The molecule has 0 unspecified atom stereocenters. The molecule has 0 fully saturated rings. The van der Waals surface area contributed by atoms with Gasteiger partial charge in [-0.2, -0.15) is 0 Å². The molecule has 1 N–H and O–H groups in total. The first-order valence-electron chi connectivity index (χ1n) is 2.99. The molecule has 0 saturated carbocycles. The zero-order valence-electron chi connectivity index (χ0n) is 5.99. The van der Waals surface area contributed by atoms with E-state index in [2.05, 4.69) is 4.74 Å². The Morgan fingerprint density at radius 1 is 1.33 bits per heavy atom.